The van der Waals surface area contributed by atoms with Gasteiger partial charge in [-0.15, -0.1) is 11.3 Å². The van der Waals surface area contributed by atoms with Crippen molar-refractivity contribution in [3.63, 3.8) is 0 Å². The summed E-state index contributed by atoms with van der Waals surface area (Å²) in [5.74, 6) is 0.774. The third-order valence-electron chi connectivity index (χ3n) is 6.24. The maximum atomic E-state index is 13.6. The average Bonchev–Trinajstić information content (AvgIpc) is 3.44. The van der Waals surface area contributed by atoms with Crippen LogP contribution in [0.15, 0.2) is 72.1 Å². The Morgan fingerprint density at radius 3 is 2.50 bits per heavy atom. The number of benzene rings is 2. The molecule has 2 aromatic carbocycles. The van der Waals surface area contributed by atoms with Gasteiger partial charge in [-0.25, -0.2) is 4.98 Å². The molecule has 7 heteroatoms. The predicted octanol–water partition coefficient (Wildman–Crippen LogP) is 4.99. The molecule has 0 aliphatic carbocycles. The summed E-state index contributed by atoms with van der Waals surface area (Å²) in [7, 11) is 1.63. The summed E-state index contributed by atoms with van der Waals surface area (Å²) in [5.41, 5.74) is 3.25. The number of para-hydroxylation sites is 1. The Morgan fingerprint density at radius 2 is 1.82 bits per heavy atom. The second-order valence-corrected chi connectivity index (χ2v) is 9.13. The first-order valence-electron chi connectivity index (χ1n) is 11.2. The topological polar surface area (TPSA) is 69.5 Å². The summed E-state index contributed by atoms with van der Waals surface area (Å²) in [6, 6.07) is 23.4. The Labute approximate surface area is 202 Å². The van der Waals surface area contributed by atoms with Crippen LogP contribution in [0.3, 0.4) is 0 Å². The number of carbonyl (C=O) groups is 1. The Balaban J connectivity index is 1.36. The van der Waals surface area contributed by atoms with Crippen LogP contribution >= 0.6 is 11.3 Å². The summed E-state index contributed by atoms with van der Waals surface area (Å²) in [6.45, 7) is 2.41. The molecule has 1 saturated heterocycles. The second kappa shape index (κ2) is 9.64. The van der Waals surface area contributed by atoms with Gasteiger partial charge in [0, 0.05) is 31.6 Å². The number of nitrogens with zero attached hydrogens (tertiary/aromatic N) is 4. The molecular weight excluding hydrogens is 444 g/mol. The van der Waals surface area contributed by atoms with Gasteiger partial charge in [-0.05, 0) is 41.3 Å². The minimum absolute atomic E-state index is 0.00834. The van der Waals surface area contributed by atoms with Gasteiger partial charge in [0.25, 0.3) is 5.91 Å². The van der Waals surface area contributed by atoms with Crippen LogP contribution < -0.4 is 4.74 Å². The van der Waals surface area contributed by atoms with E-state index in [9.17, 15) is 10.1 Å². The first-order chi connectivity index (χ1) is 16.7. The number of aromatic nitrogens is 1. The average molecular weight is 469 g/mol. The van der Waals surface area contributed by atoms with Crippen LogP contribution in [-0.4, -0.2) is 54.0 Å². The Bertz CT molecular complexity index is 1340. The van der Waals surface area contributed by atoms with Crippen LogP contribution in [0.4, 0.5) is 0 Å². The highest BCUT2D eigenvalue weighted by molar-refractivity contribution is 7.13. The zero-order valence-corrected chi connectivity index (χ0v) is 19.7. The van der Waals surface area contributed by atoms with Gasteiger partial charge in [0.1, 0.15) is 11.8 Å². The van der Waals surface area contributed by atoms with E-state index in [4.69, 9.17) is 9.72 Å². The van der Waals surface area contributed by atoms with Crippen molar-refractivity contribution in [3.8, 4) is 22.4 Å². The van der Waals surface area contributed by atoms with E-state index in [0.29, 0.717) is 31.7 Å². The maximum absolute atomic E-state index is 13.6. The number of rotatable bonds is 5. The molecule has 0 N–H and O–H groups in total. The number of carbonyl (C=O) groups excluding carboxylic acids is 1. The molecule has 5 rings (SSSR count). The highest BCUT2D eigenvalue weighted by atomic mass is 32.1. The van der Waals surface area contributed by atoms with Crippen molar-refractivity contribution in [1.82, 2.24) is 14.8 Å². The molecule has 6 nitrogen and oxygen atoms in total. The van der Waals surface area contributed by atoms with Gasteiger partial charge in [-0.3, -0.25) is 9.69 Å². The van der Waals surface area contributed by atoms with E-state index < -0.39 is 0 Å². The molecule has 1 aliphatic rings. The molecule has 1 atom stereocenters. The van der Waals surface area contributed by atoms with Crippen molar-refractivity contribution >= 4 is 28.1 Å². The minimum atomic E-state index is -0.352. The molecule has 0 saturated carbocycles. The minimum Gasteiger partial charge on any atom is -0.497 e. The smallest absolute Gasteiger partial charge is 0.254 e. The highest BCUT2D eigenvalue weighted by Crippen LogP contribution is 2.29. The molecule has 170 valence electrons. The van der Waals surface area contributed by atoms with E-state index >= 15 is 0 Å². The SMILES string of the molecule is COc1ccc([C@H](C#N)N2CCN(C(=O)c3cc(-c4cccs4)nc4ccccc34)CC2)cc1. The number of thiophene rings is 1. The lowest BCUT2D eigenvalue weighted by atomic mass is 10.0. The summed E-state index contributed by atoms with van der Waals surface area (Å²) < 4.78 is 5.23. The molecule has 0 bridgehead atoms. The Kier molecular flexibility index (Phi) is 6.26. The standard InChI is InChI=1S/C27H24N4O2S/c1-33-20-10-8-19(9-11-20)25(18-28)30-12-14-31(15-13-30)27(32)22-17-24(26-7-4-16-34-26)29-23-6-3-2-5-21(22)23/h2-11,16-17,25H,12-15H2,1H3/t25-/m0/s1. The third-order valence-corrected chi connectivity index (χ3v) is 7.13. The summed E-state index contributed by atoms with van der Waals surface area (Å²) in [4.78, 5) is 23.5. The zero-order valence-electron chi connectivity index (χ0n) is 18.8. The number of nitriles is 1. The van der Waals surface area contributed by atoms with E-state index in [0.717, 1.165) is 32.8 Å². The predicted molar refractivity (Wildman–Crippen MR) is 134 cm³/mol. The van der Waals surface area contributed by atoms with E-state index in [2.05, 4.69) is 11.0 Å². The van der Waals surface area contributed by atoms with Gasteiger partial charge < -0.3 is 9.64 Å². The second-order valence-electron chi connectivity index (χ2n) is 8.18. The number of piperazine rings is 1. The number of pyridine rings is 1. The van der Waals surface area contributed by atoms with Crippen LogP contribution in [0.2, 0.25) is 0 Å². The molecule has 1 fully saturated rings. The normalized spacial score (nSPS) is 15.1. The van der Waals surface area contributed by atoms with Crippen molar-refractivity contribution in [2.24, 2.45) is 0 Å². The first-order valence-corrected chi connectivity index (χ1v) is 12.1. The van der Waals surface area contributed by atoms with Crippen molar-refractivity contribution < 1.29 is 9.53 Å². The molecular formula is C27H24N4O2S. The third kappa shape index (κ3) is 4.26. The maximum Gasteiger partial charge on any atom is 0.254 e. The van der Waals surface area contributed by atoms with Crippen molar-refractivity contribution in [1.29, 1.82) is 5.26 Å². The van der Waals surface area contributed by atoms with Gasteiger partial charge in [-0.1, -0.05) is 36.4 Å². The van der Waals surface area contributed by atoms with Crippen molar-refractivity contribution in [2.45, 2.75) is 6.04 Å². The van der Waals surface area contributed by atoms with Crippen molar-refractivity contribution in [2.75, 3.05) is 33.3 Å². The highest BCUT2D eigenvalue weighted by Gasteiger charge is 2.28. The van der Waals surface area contributed by atoms with E-state index in [1.54, 1.807) is 18.4 Å². The fraction of sp³-hybridized carbons (Fsp3) is 0.222. The zero-order chi connectivity index (χ0) is 23.5. The number of amides is 1. The van der Waals surface area contributed by atoms with Gasteiger partial charge in [0.05, 0.1) is 34.8 Å². The van der Waals surface area contributed by atoms with Crippen LogP contribution in [0, 0.1) is 11.3 Å². The quantitative estimate of drug-likeness (QED) is 0.413. The largest absolute Gasteiger partial charge is 0.497 e. The van der Waals surface area contributed by atoms with Gasteiger partial charge in [0.2, 0.25) is 0 Å². The summed E-state index contributed by atoms with van der Waals surface area (Å²) >= 11 is 1.61. The lowest BCUT2D eigenvalue weighted by molar-refractivity contribution is 0.0608. The summed E-state index contributed by atoms with van der Waals surface area (Å²) in [6.07, 6.45) is 0. The molecule has 0 radical (unpaired) electrons. The first kappa shape index (κ1) is 22.1. The fourth-order valence-corrected chi connectivity index (χ4v) is 5.10. The van der Waals surface area contributed by atoms with E-state index in [1.807, 2.05) is 77.0 Å². The monoisotopic (exact) mass is 468 g/mol. The molecule has 3 heterocycles. The molecule has 34 heavy (non-hydrogen) atoms. The van der Waals surface area contributed by atoms with Gasteiger partial charge >= 0.3 is 0 Å². The number of fused-ring (bicyclic) bond motifs is 1. The Hall–Kier alpha value is -3.73. The lowest BCUT2D eigenvalue weighted by Crippen LogP contribution is -2.49. The van der Waals surface area contributed by atoms with E-state index in [1.165, 1.54) is 0 Å². The van der Waals surface area contributed by atoms with Gasteiger partial charge in [-0.2, -0.15) is 5.26 Å². The molecule has 0 unspecified atom stereocenters. The molecule has 4 aromatic rings. The van der Waals surface area contributed by atoms with Crippen LogP contribution in [0.1, 0.15) is 22.0 Å². The lowest BCUT2D eigenvalue weighted by Gasteiger charge is -2.37. The number of hydrogen-bond acceptors (Lipinski definition) is 6. The number of methoxy groups -OCH3 is 1. The van der Waals surface area contributed by atoms with E-state index in [-0.39, 0.29) is 11.9 Å². The summed E-state index contributed by atoms with van der Waals surface area (Å²) in [5, 5.41) is 12.7. The van der Waals surface area contributed by atoms with Crippen LogP contribution in [-0.2, 0) is 0 Å². The number of ether oxygens (including phenoxy) is 1. The molecule has 2 aromatic heterocycles. The van der Waals surface area contributed by atoms with Gasteiger partial charge in [0.15, 0.2) is 0 Å². The Morgan fingerprint density at radius 1 is 1.06 bits per heavy atom. The molecule has 1 aliphatic heterocycles. The van der Waals surface area contributed by atoms with Crippen molar-refractivity contribution in [3.05, 3.63) is 83.2 Å². The fourth-order valence-electron chi connectivity index (χ4n) is 4.41. The van der Waals surface area contributed by atoms with Crippen LogP contribution in [0.25, 0.3) is 21.5 Å². The number of hydrogen-bond donors (Lipinski definition) is 0. The molecule has 1 amide bonds. The van der Waals surface area contributed by atoms with Crippen LogP contribution in [0.5, 0.6) is 5.75 Å². The molecule has 0 spiro atoms.